The largest absolute Gasteiger partial charge is 0.465 e. The molecule has 2 aromatic carbocycles. The Bertz CT molecular complexity index is 1910. The number of aromatic amines is 2. The molecule has 3 aliphatic rings. The quantitative estimate of drug-likeness (QED) is 0.121. The van der Waals surface area contributed by atoms with E-state index in [2.05, 4.69) is 67.3 Å². The number of carbonyl (C=O) groups excluding carboxylic acids is 2. The Morgan fingerprint density at radius 1 is 0.818 bits per heavy atom. The molecule has 7 rings (SSSR count). The van der Waals surface area contributed by atoms with Crippen LogP contribution in [0.1, 0.15) is 82.5 Å². The Morgan fingerprint density at radius 3 is 2.07 bits per heavy atom. The second kappa shape index (κ2) is 17.6. The molecule has 4 aromatic rings. The summed E-state index contributed by atoms with van der Waals surface area (Å²) in [4.78, 5) is 56.2. The van der Waals surface area contributed by atoms with Crippen molar-refractivity contribution in [2.24, 2.45) is 5.92 Å². The normalized spacial score (nSPS) is 22.0. The van der Waals surface area contributed by atoms with Crippen molar-refractivity contribution in [1.82, 2.24) is 40.8 Å². The van der Waals surface area contributed by atoms with Gasteiger partial charge in [-0.3, -0.25) is 14.9 Å². The first-order valence-corrected chi connectivity index (χ1v) is 19.2. The van der Waals surface area contributed by atoms with E-state index in [9.17, 15) is 19.5 Å². The van der Waals surface area contributed by atoms with E-state index >= 15 is 0 Å². The zero-order valence-electron chi connectivity index (χ0n) is 31.3. The molecule has 3 aliphatic heterocycles. The predicted octanol–water partition coefficient (Wildman–Crippen LogP) is 5.47. The number of carbonyl (C=O) groups is 3. The lowest BCUT2D eigenvalue weighted by Crippen LogP contribution is -2.56. The van der Waals surface area contributed by atoms with Crippen LogP contribution < -0.4 is 16.0 Å². The summed E-state index contributed by atoms with van der Waals surface area (Å²) in [5, 5.41) is 17.8. The molecule has 4 atom stereocenters. The number of amides is 3. The fraction of sp³-hybridized carbons (Fsp3) is 0.475. The number of aromatic nitrogens is 4. The van der Waals surface area contributed by atoms with Gasteiger partial charge in [-0.2, -0.15) is 0 Å². The van der Waals surface area contributed by atoms with Gasteiger partial charge in [0.1, 0.15) is 17.7 Å². The molecule has 0 spiro atoms. The number of hydrogen-bond donors (Lipinski definition) is 6. The number of nitrogens with zero attached hydrogens (tertiary/aromatic N) is 3. The minimum atomic E-state index is -1.22. The van der Waals surface area contributed by atoms with Crippen LogP contribution in [0.15, 0.2) is 60.9 Å². The maximum Gasteiger partial charge on any atom is 0.405 e. The number of likely N-dealkylation sites (tertiary alicyclic amines) is 1. The van der Waals surface area contributed by atoms with Gasteiger partial charge in [0.2, 0.25) is 18.2 Å². The van der Waals surface area contributed by atoms with Crippen LogP contribution in [0.4, 0.5) is 4.79 Å². The van der Waals surface area contributed by atoms with E-state index in [0.717, 1.165) is 71.6 Å². The van der Waals surface area contributed by atoms with Crippen molar-refractivity contribution >= 4 is 17.9 Å². The number of H-pyrrole nitrogens is 2. The maximum absolute atomic E-state index is 13.6. The fourth-order valence-corrected chi connectivity index (χ4v) is 7.42. The number of rotatable bonds is 10. The number of benzene rings is 2. The summed E-state index contributed by atoms with van der Waals surface area (Å²) in [6.07, 6.45) is 6.91. The molecule has 0 saturated carbocycles. The number of hydrogen-bond acceptors (Lipinski definition) is 9. The van der Waals surface area contributed by atoms with Crippen molar-refractivity contribution in [2.75, 3.05) is 26.6 Å². The van der Waals surface area contributed by atoms with E-state index in [1.54, 1.807) is 6.20 Å². The van der Waals surface area contributed by atoms with E-state index in [0.29, 0.717) is 38.4 Å². The lowest BCUT2D eigenvalue weighted by Gasteiger charge is -2.35. The summed E-state index contributed by atoms with van der Waals surface area (Å²) >= 11 is 0. The fourth-order valence-electron chi connectivity index (χ4n) is 7.42. The molecular formula is C40H50N8O7. The molecule has 3 fully saturated rings. The van der Waals surface area contributed by atoms with Crippen molar-refractivity contribution < 1.29 is 33.7 Å². The third-order valence-electron chi connectivity index (χ3n) is 10.5. The van der Waals surface area contributed by atoms with Crippen LogP contribution in [0.25, 0.3) is 33.6 Å². The van der Waals surface area contributed by atoms with Crippen molar-refractivity contribution in [1.29, 1.82) is 0 Å². The topological polar surface area (TPSA) is 196 Å². The van der Waals surface area contributed by atoms with E-state index in [1.807, 2.05) is 37.1 Å². The highest BCUT2D eigenvalue weighted by atomic mass is 16.9. The Labute approximate surface area is 320 Å². The highest BCUT2D eigenvalue weighted by Crippen LogP contribution is 2.34. The first-order valence-electron chi connectivity index (χ1n) is 19.2. The summed E-state index contributed by atoms with van der Waals surface area (Å²) in [5.41, 5.74) is 5.72. The van der Waals surface area contributed by atoms with Gasteiger partial charge in [0.25, 0.3) is 0 Å². The van der Waals surface area contributed by atoms with Gasteiger partial charge < -0.3 is 44.8 Å². The van der Waals surface area contributed by atoms with Gasteiger partial charge in [-0.1, -0.05) is 75.2 Å². The second-order valence-corrected chi connectivity index (χ2v) is 14.7. The molecule has 6 N–H and O–H groups in total. The number of carboxylic acid groups (broad SMARTS) is 1. The van der Waals surface area contributed by atoms with E-state index in [4.69, 9.17) is 19.2 Å². The third kappa shape index (κ3) is 9.24. The predicted molar refractivity (Wildman–Crippen MR) is 203 cm³/mol. The Balaban J connectivity index is 0.994. The van der Waals surface area contributed by atoms with Crippen molar-refractivity contribution in [3.63, 3.8) is 0 Å². The van der Waals surface area contributed by atoms with Crippen LogP contribution in [-0.2, 0) is 23.8 Å². The molecule has 0 aliphatic carbocycles. The van der Waals surface area contributed by atoms with Gasteiger partial charge in [0.15, 0.2) is 6.79 Å². The molecule has 0 unspecified atom stereocenters. The second-order valence-electron chi connectivity index (χ2n) is 14.7. The van der Waals surface area contributed by atoms with Crippen LogP contribution >= 0.6 is 0 Å². The number of imidazole rings is 2. The summed E-state index contributed by atoms with van der Waals surface area (Å²) in [6, 6.07) is 14.6. The summed E-state index contributed by atoms with van der Waals surface area (Å²) in [5.74, 6) is 1.08. The van der Waals surface area contributed by atoms with Crippen LogP contribution in [0.2, 0.25) is 0 Å². The summed E-state index contributed by atoms with van der Waals surface area (Å²) < 4.78 is 16.5. The molecule has 15 nitrogen and oxygen atoms in total. The first-order chi connectivity index (χ1) is 26.7. The average molecular weight is 755 g/mol. The molecule has 3 saturated heterocycles. The van der Waals surface area contributed by atoms with Gasteiger partial charge >= 0.3 is 6.09 Å². The van der Waals surface area contributed by atoms with E-state index < -0.39 is 30.6 Å². The molecule has 2 aromatic heterocycles. The van der Waals surface area contributed by atoms with E-state index in [1.165, 1.54) is 0 Å². The van der Waals surface area contributed by atoms with Gasteiger partial charge in [0.05, 0.1) is 41.9 Å². The standard InChI is InChI=1S/C40H50N8O7/c1-24(2)34(47-40-54-23-55-40)38(50)48-18-6-8-33(48)36-42-22-32(44-36)28-15-11-26(12-16-28)25-9-13-27(14-10-25)31-21-41-35(43-31)29-17-20-53-19-5-3-4-7-30(37(49)45-29)46-39(51)52/h9-16,21-22,24,29-30,33-34,40,46-47H,3-8,17-20,23H2,1-2H3,(H,41,43)(H,42,44)(H,45,49)(H,51,52)/t29-,30-,33-,34-/m0/s1. The molecule has 0 radical (unpaired) electrons. The molecule has 15 heteroatoms. The lowest BCUT2D eigenvalue weighted by atomic mass is 10.0. The van der Waals surface area contributed by atoms with Crippen molar-refractivity contribution in [3.05, 3.63) is 72.6 Å². The molecule has 55 heavy (non-hydrogen) atoms. The Hall–Kier alpha value is -5.09. The highest BCUT2D eigenvalue weighted by Gasteiger charge is 2.38. The third-order valence-corrected chi connectivity index (χ3v) is 10.5. The Morgan fingerprint density at radius 2 is 1.45 bits per heavy atom. The number of ether oxygens (including phenoxy) is 3. The molecular weight excluding hydrogens is 704 g/mol. The molecule has 0 bridgehead atoms. The monoisotopic (exact) mass is 754 g/mol. The molecule has 5 heterocycles. The maximum atomic E-state index is 13.6. The number of nitrogens with one attached hydrogen (secondary N) is 5. The van der Waals surface area contributed by atoms with Crippen LogP contribution in [-0.4, -0.2) is 92.9 Å². The van der Waals surface area contributed by atoms with Gasteiger partial charge in [-0.05, 0) is 60.3 Å². The zero-order valence-corrected chi connectivity index (χ0v) is 31.3. The summed E-state index contributed by atoms with van der Waals surface area (Å²) in [7, 11) is 0. The lowest BCUT2D eigenvalue weighted by molar-refractivity contribution is -0.335. The van der Waals surface area contributed by atoms with Crippen LogP contribution in [0.5, 0.6) is 0 Å². The molecule has 3 amide bonds. The van der Waals surface area contributed by atoms with Crippen molar-refractivity contribution in [2.45, 2.75) is 89.4 Å². The Kier molecular flexibility index (Phi) is 12.2. The SMILES string of the molecule is CC(C)[C@H](NC1OCO1)C(=O)N1CCC[C@H]1c1ncc(-c2ccc(-c3ccc(-c4cnc([C@@H]5CCOCCCCC[C@H](NC(=O)O)C(=O)N5)[nH]4)cc3)cc2)[nH]1. The van der Waals surface area contributed by atoms with Crippen molar-refractivity contribution in [3.8, 4) is 33.6 Å². The van der Waals surface area contributed by atoms with Crippen LogP contribution in [0.3, 0.4) is 0 Å². The minimum Gasteiger partial charge on any atom is -0.465 e. The van der Waals surface area contributed by atoms with Gasteiger partial charge in [-0.25, -0.2) is 14.8 Å². The average Bonchev–Trinajstić information content (AvgIpc) is 3.95. The first kappa shape index (κ1) is 38.2. The minimum absolute atomic E-state index is 0.0262. The van der Waals surface area contributed by atoms with E-state index in [-0.39, 0.29) is 30.6 Å². The smallest absolute Gasteiger partial charge is 0.405 e. The van der Waals surface area contributed by atoms with Gasteiger partial charge in [-0.15, -0.1) is 0 Å². The molecule has 292 valence electrons. The van der Waals surface area contributed by atoms with Crippen LogP contribution in [0, 0.1) is 5.92 Å². The summed E-state index contributed by atoms with van der Waals surface area (Å²) in [6.45, 7) is 6.00. The van der Waals surface area contributed by atoms with Gasteiger partial charge in [0, 0.05) is 19.8 Å². The zero-order chi connectivity index (χ0) is 38.3. The highest BCUT2D eigenvalue weighted by molar-refractivity contribution is 5.85.